The summed E-state index contributed by atoms with van der Waals surface area (Å²) in [7, 11) is 0. The summed E-state index contributed by atoms with van der Waals surface area (Å²) in [6, 6.07) is 4.65. The van der Waals surface area contributed by atoms with Gasteiger partial charge in [-0.15, -0.1) is 0 Å². The molecule has 0 radical (unpaired) electrons. The number of thioether (sulfide) groups is 1. The lowest BCUT2D eigenvalue weighted by Gasteiger charge is -2.24. The molecule has 1 aromatic carbocycles. The second-order valence-electron chi connectivity index (χ2n) is 5.52. The van der Waals surface area contributed by atoms with Gasteiger partial charge >= 0.3 is 5.97 Å². The first-order chi connectivity index (χ1) is 10.5. The number of fused-ring (bicyclic) bond motifs is 1. The van der Waals surface area contributed by atoms with Gasteiger partial charge < -0.3 is 9.30 Å². The van der Waals surface area contributed by atoms with E-state index in [1.807, 2.05) is 23.8 Å². The fourth-order valence-electron chi connectivity index (χ4n) is 2.50. The summed E-state index contributed by atoms with van der Waals surface area (Å²) in [5.74, 6) is -0.439. The van der Waals surface area contributed by atoms with Crippen LogP contribution in [0, 0.1) is 12.7 Å². The van der Waals surface area contributed by atoms with Crippen molar-refractivity contribution in [2.75, 3.05) is 5.75 Å². The van der Waals surface area contributed by atoms with E-state index in [1.54, 1.807) is 24.9 Å². The van der Waals surface area contributed by atoms with Gasteiger partial charge in [-0.3, -0.25) is 4.79 Å². The lowest BCUT2D eigenvalue weighted by molar-refractivity contribution is -0.150. The number of ether oxygens (including phenoxy) is 1. The molecule has 2 unspecified atom stereocenters. The molecule has 4 nitrogen and oxygen atoms in total. The van der Waals surface area contributed by atoms with Gasteiger partial charge in [-0.05, 0) is 37.1 Å². The largest absolute Gasteiger partial charge is 0.459 e. The molecule has 116 valence electrons. The number of halogens is 1. The highest BCUT2D eigenvalue weighted by Crippen LogP contribution is 2.26. The first-order valence-corrected chi connectivity index (χ1v) is 8.13. The summed E-state index contributed by atoms with van der Waals surface area (Å²) >= 11 is 1.57. The SMILES string of the molecule is Cc1cc(F)cc(C(C)C(=O)OC2CSc3nccn3C2)c1. The number of esters is 1. The normalized spacial score (nSPS) is 18.6. The number of hydrogen-bond donors (Lipinski definition) is 0. The summed E-state index contributed by atoms with van der Waals surface area (Å²) in [4.78, 5) is 16.5. The Morgan fingerprint density at radius 2 is 2.32 bits per heavy atom. The van der Waals surface area contributed by atoms with Crippen LogP contribution in [0.4, 0.5) is 4.39 Å². The topological polar surface area (TPSA) is 44.1 Å². The van der Waals surface area contributed by atoms with Crippen LogP contribution in [0.15, 0.2) is 35.7 Å². The molecule has 1 aliphatic rings. The van der Waals surface area contributed by atoms with Crippen LogP contribution in [-0.2, 0) is 16.1 Å². The molecule has 0 saturated carbocycles. The first kappa shape index (κ1) is 15.1. The molecule has 0 bridgehead atoms. The maximum atomic E-state index is 13.5. The predicted octanol–water partition coefficient (Wildman–Crippen LogP) is 3.15. The van der Waals surface area contributed by atoms with E-state index >= 15 is 0 Å². The zero-order chi connectivity index (χ0) is 15.7. The lowest BCUT2D eigenvalue weighted by Crippen LogP contribution is -2.30. The summed E-state index contributed by atoms with van der Waals surface area (Å²) in [5, 5.41) is 0.945. The molecule has 0 fully saturated rings. The minimum Gasteiger partial charge on any atom is -0.459 e. The van der Waals surface area contributed by atoms with E-state index in [2.05, 4.69) is 4.98 Å². The highest BCUT2D eigenvalue weighted by Gasteiger charge is 2.26. The van der Waals surface area contributed by atoms with E-state index in [9.17, 15) is 9.18 Å². The van der Waals surface area contributed by atoms with Crippen LogP contribution in [0.25, 0.3) is 0 Å². The van der Waals surface area contributed by atoms with Crippen molar-refractivity contribution >= 4 is 17.7 Å². The van der Waals surface area contributed by atoms with Crippen LogP contribution in [-0.4, -0.2) is 27.4 Å². The highest BCUT2D eigenvalue weighted by atomic mass is 32.2. The Labute approximate surface area is 132 Å². The molecule has 0 saturated heterocycles. The quantitative estimate of drug-likeness (QED) is 0.815. The van der Waals surface area contributed by atoms with Crippen LogP contribution in [0.1, 0.15) is 24.0 Å². The Morgan fingerprint density at radius 3 is 3.09 bits per heavy atom. The number of nitrogens with zero attached hydrogens (tertiary/aromatic N) is 2. The van der Waals surface area contributed by atoms with Crippen molar-refractivity contribution in [3.05, 3.63) is 47.5 Å². The van der Waals surface area contributed by atoms with E-state index in [-0.39, 0.29) is 17.9 Å². The van der Waals surface area contributed by atoms with Crippen LogP contribution >= 0.6 is 11.8 Å². The van der Waals surface area contributed by atoms with Crippen molar-refractivity contribution in [3.8, 4) is 0 Å². The molecule has 1 aliphatic heterocycles. The Kier molecular flexibility index (Phi) is 4.20. The molecule has 22 heavy (non-hydrogen) atoms. The van der Waals surface area contributed by atoms with E-state index in [0.29, 0.717) is 17.9 Å². The van der Waals surface area contributed by atoms with Gasteiger partial charge in [0.15, 0.2) is 5.16 Å². The van der Waals surface area contributed by atoms with Crippen molar-refractivity contribution in [2.24, 2.45) is 0 Å². The molecule has 0 aliphatic carbocycles. The second kappa shape index (κ2) is 6.12. The van der Waals surface area contributed by atoms with Crippen LogP contribution in [0.5, 0.6) is 0 Å². The zero-order valence-electron chi connectivity index (χ0n) is 12.5. The molecule has 2 heterocycles. The molecular weight excluding hydrogens is 303 g/mol. The van der Waals surface area contributed by atoms with Gasteiger partial charge in [0.2, 0.25) is 0 Å². The van der Waals surface area contributed by atoms with Gasteiger partial charge in [0.25, 0.3) is 0 Å². The molecule has 2 atom stereocenters. The Bertz CT molecular complexity index is 681. The maximum absolute atomic E-state index is 13.5. The molecule has 0 spiro atoms. The number of aryl methyl sites for hydroxylation is 1. The van der Waals surface area contributed by atoms with Gasteiger partial charge in [-0.2, -0.15) is 0 Å². The number of imidazole rings is 1. The Hall–Kier alpha value is -1.82. The lowest BCUT2D eigenvalue weighted by atomic mass is 9.99. The maximum Gasteiger partial charge on any atom is 0.313 e. The average molecular weight is 320 g/mol. The standard InChI is InChI=1S/C16H17FN2O2S/c1-10-5-12(7-13(17)6-10)11(2)15(20)21-14-8-19-4-3-18-16(19)22-9-14/h3-7,11,14H,8-9H2,1-2H3. The number of carbonyl (C=O) groups excluding carboxylic acids is 1. The van der Waals surface area contributed by atoms with Crippen molar-refractivity contribution in [1.82, 2.24) is 9.55 Å². The predicted molar refractivity (Wildman–Crippen MR) is 82.4 cm³/mol. The van der Waals surface area contributed by atoms with Gasteiger partial charge in [0.05, 0.1) is 12.5 Å². The fraction of sp³-hybridized carbons (Fsp3) is 0.375. The van der Waals surface area contributed by atoms with Crippen molar-refractivity contribution in [1.29, 1.82) is 0 Å². The Balaban J connectivity index is 1.67. The van der Waals surface area contributed by atoms with Gasteiger partial charge in [0, 0.05) is 18.1 Å². The van der Waals surface area contributed by atoms with Crippen LogP contribution in [0.2, 0.25) is 0 Å². The minimum atomic E-state index is -0.483. The smallest absolute Gasteiger partial charge is 0.313 e. The van der Waals surface area contributed by atoms with Gasteiger partial charge in [0.1, 0.15) is 11.9 Å². The third-order valence-corrected chi connectivity index (χ3v) is 4.81. The van der Waals surface area contributed by atoms with Crippen molar-refractivity contribution in [3.63, 3.8) is 0 Å². The molecule has 0 amide bonds. The molecule has 6 heteroatoms. The van der Waals surface area contributed by atoms with E-state index in [1.165, 1.54) is 12.1 Å². The van der Waals surface area contributed by atoms with Gasteiger partial charge in [-0.25, -0.2) is 9.37 Å². The summed E-state index contributed by atoms with van der Waals surface area (Å²) in [6.45, 7) is 4.17. The minimum absolute atomic E-state index is 0.184. The number of carbonyl (C=O) groups is 1. The third kappa shape index (κ3) is 3.16. The summed E-state index contributed by atoms with van der Waals surface area (Å²) < 4.78 is 21.0. The molecular formula is C16H17FN2O2S. The monoisotopic (exact) mass is 320 g/mol. The number of rotatable bonds is 3. The van der Waals surface area contributed by atoms with Crippen LogP contribution < -0.4 is 0 Å². The zero-order valence-corrected chi connectivity index (χ0v) is 13.3. The molecule has 3 rings (SSSR count). The Morgan fingerprint density at radius 1 is 1.50 bits per heavy atom. The van der Waals surface area contributed by atoms with Crippen molar-refractivity contribution in [2.45, 2.75) is 37.6 Å². The van der Waals surface area contributed by atoms with E-state index < -0.39 is 5.92 Å². The number of aromatic nitrogens is 2. The first-order valence-electron chi connectivity index (χ1n) is 7.14. The van der Waals surface area contributed by atoms with Gasteiger partial charge in [-0.1, -0.05) is 17.8 Å². The van der Waals surface area contributed by atoms with E-state index in [4.69, 9.17) is 4.74 Å². The fourth-order valence-corrected chi connectivity index (χ4v) is 3.45. The second-order valence-corrected chi connectivity index (χ2v) is 6.50. The number of hydrogen-bond acceptors (Lipinski definition) is 4. The molecule has 1 aromatic heterocycles. The van der Waals surface area contributed by atoms with E-state index in [0.717, 1.165) is 10.7 Å². The highest BCUT2D eigenvalue weighted by molar-refractivity contribution is 7.99. The summed E-state index contributed by atoms with van der Waals surface area (Å²) in [6.07, 6.45) is 3.43. The third-order valence-electron chi connectivity index (χ3n) is 3.68. The molecule has 2 aromatic rings. The summed E-state index contributed by atoms with van der Waals surface area (Å²) in [5.41, 5.74) is 1.44. The van der Waals surface area contributed by atoms with Crippen molar-refractivity contribution < 1.29 is 13.9 Å². The molecule has 0 N–H and O–H groups in total. The van der Waals surface area contributed by atoms with Crippen LogP contribution in [0.3, 0.4) is 0 Å². The average Bonchev–Trinajstić information content (AvgIpc) is 2.93. The number of benzene rings is 1.